The van der Waals surface area contributed by atoms with Gasteiger partial charge in [-0.05, 0) is 25.0 Å². The molecule has 1 aromatic rings. The number of likely N-dealkylation sites (tertiary alicyclic amines) is 1. The Kier molecular flexibility index (Phi) is 4.50. The van der Waals surface area contributed by atoms with E-state index in [0.717, 1.165) is 11.3 Å². The maximum atomic E-state index is 11.8. The monoisotopic (exact) mass is 274 g/mol. The molecule has 0 unspecified atom stereocenters. The molecule has 20 heavy (non-hydrogen) atoms. The van der Waals surface area contributed by atoms with E-state index in [0.29, 0.717) is 32.2 Å². The van der Waals surface area contributed by atoms with Gasteiger partial charge in [0.15, 0.2) is 0 Å². The number of para-hydroxylation sites is 1. The summed E-state index contributed by atoms with van der Waals surface area (Å²) in [5, 5.41) is 2.83. The number of imide groups is 1. The third kappa shape index (κ3) is 3.44. The van der Waals surface area contributed by atoms with Crippen molar-refractivity contribution in [3.63, 3.8) is 0 Å². The van der Waals surface area contributed by atoms with Gasteiger partial charge in [0.1, 0.15) is 0 Å². The number of benzene rings is 1. The maximum absolute atomic E-state index is 11.8. The van der Waals surface area contributed by atoms with Crippen molar-refractivity contribution in [2.45, 2.75) is 32.6 Å². The Morgan fingerprint density at radius 2 is 1.85 bits per heavy atom. The Labute approximate surface area is 118 Å². The lowest BCUT2D eigenvalue weighted by Gasteiger charge is -2.13. The molecule has 0 radical (unpaired) electrons. The van der Waals surface area contributed by atoms with Crippen LogP contribution in [0.25, 0.3) is 0 Å². The molecule has 5 heteroatoms. The van der Waals surface area contributed by atoms with Crippen LogP contribution in [0.5, 0.6) is 0 Å². The van der Waals surface area contributed by atoms with E-state index < -0.39 is 0 Å². The smallest absolute Gasteiger partial charge is 0.229 e. The highest BCUT2D eigenvalue weighted by Crippen LogP contribution is 2.15. The van der Waals surface area contributed by atoms with Gasteiger partial charge < -0.3 is 5.32 Å². The molecule has 1 aromatic carbocycles. The molecule has 0 saturated carbocycles. The molecule has 0 spiro atoms. The molecule has 0 aromatic heterocycles. The van der Waals surface area contributed by atoms with Crippen LogP contribution in [0, 0.1) is 6.92 Å². The van der Waals surface area contributed by atoms with Crippen LogP contribution >= 0.6 is 0 Å². The van der Waals surface area contributed by atoms with Crippen LogP contribution in [0.4, 0.5) is 5.69 Å². The van der Waals surface area contributed by atoms with Gasteiger partial charge in [-0.3, -0.25) is 19.3 Å². The number of aryl methyl sites for hydroxylation is 1. The van der Waals surface area contributed by atoms with E-state index in [1.165, 1.54) is 4.90 Å². The summed E-state index contributed by atoms with van der Waals surface area (Å²) >= 11 is 0. The number of hydrogen-bond acceptors (Lipinski definition) is 3. The van der Waals surface area contributed by atoms with E-state index in [2.05, 4.69) is 5.32 Å². The van der Waals surface area contributed by atoms with Gasteiger partial charge in [-0.15, -0.1) is 0 Å². The van der Waals surface area contributed by atoms with Crippen molar-refractivity contribution in [2.24, 2.45) is 0 Å². The number of anilines is 1. The summed E-state index contributed by atoms with van der Waals surface area (Å²) in [6.45, 7) is 2.26. The zero-order valence-corrected chi connectivity index (χ0v) is 11.5. The van der Waals surface area contributed by atoms with Crippen LogP contribution in [0.2, 0.25) is 0 Å². The minimum Gasteiger partial charge on any atom is -0.326 e. The molecule has 1 aliphatic heterocycles. The van der Waals surface area contributed by atoms with Gasteiger partial charge in [-0.25, -0.2) is 0 Å². The van der Waals surface area contributed by atoms with E-state index in [1.807, 2.05) is 31.2 Å². The van der Waals surface area contributed by atoms with Gasteiger partial charge in [0.25, 0.3) is 0 Å². The SMILES string of the molecule is Cc1ccccc1NC(=O)CCCN1C(=O)CCC1=O. The van der Waals surface area contributed by atoms with Crippen LogP contribution in [-0.2, 0) is 14.4 Å². The van der Waals surface area contributed by atoms with E-state index in [9.17, 15) is 14.4 Å². The number of hydrogen-bond donors (Lipinski definition) is 1. The molecule has 1 heterocycles. The van der Waals surface area contributed by atoms with Crippen LogP contribution in [-0.4, -0.2) is 29.2 Å². The second-order valence-corrected chi connectivity index (χ2v) is 4.91. The second-order valence-electron chi connectivity index (χ2n) is 4.91. The fraction of sp³-hybridized carbons (Fsp3) is 0.400. The fourth-order valence-corrected chi connectivity index (χ4v) is 2.20. The summed E-state index contributed by atoms with van der Waals surface area (Å²) < 4.78 is 0. The van der Waals surface area contributed by atoms with Crippen LogP contribution in [0.15, 0.2) is 24.3 Å². The first-order valence-corrected chi connectivity index (χ1v) is 6.76. The average molecular weight is 274 g/mol. The molecule has 0 bridgehead atoms. The number of nitrogens with zero attached hydrogens (tertiary/aromatic N) is 1. The molecular formula is C15H18N2O3. The zero-order valence-electron chi connectivity index (χ0n) is 11.5. The molecule has 0 atom stereocenters. The lowest BCUT2D eigenvalue weighted by molar-refractivity contribution is -0.138. The molecule has 106 valence electrons. The summed E-state index contributed by atoms with van der Waals surface area (Å²) in [4.78, 5) is 35.9. The van der Waals surface area contributed by atoms with Crippen LogP contribution in [0.3, 0.4) is 0 Å². The molecule has 1 saturated heterocycles. The first-order valence-electron chi connectivity index (χ1n) is 6.76. The lowest BCUT2D eigenvalue weighted by Crippen LogP contribution is -2.30. The topological polar surface area (TPSA) is 66.5 Å². The van der Waals surface area contributed by atoms with Crippen molar-refractivity contribution in [3.05, 3.63) is 29.8 Å². The van der Waals surface area contributed by atoms with Gasteiger partial charge in [0.2, 0.25) is 17.7 Å². The Morgan fingerprint density at radius 3 is 2.50 bits per heavy atom. The minimum absolute atomic E-state index is 0.0987. The van der Waals surface area contributed by atoms with Gasteiger partial charge in [0.05, 0.1) is 0 Å². The average Bonchev–Trinajstić information content (AvgIpc) is 2.73. The molecule has 1 fully saturated rings. The fourth-order valence-electron chi connectivity index (χ4n) is 2.20. The van der Waals surface area contributed by atoms with E-state index in [-0.39, 0.29) is 17.7 Å². The Hall–Kier alpha value is -2.17. The van der Waals surface area contributed by atoms with Crippen molar-refractivity contribution < 1.29 is 14.4 Å². The highest BCUT2D eigenvalue weighted by atomic mass is 16.2. The molecule has 1 N–H and O–H groups in total. The highest BCUT2D eigenvalue weighted by molar-refractivity contribution is 6.02. The van der Waals surface area contributed by atoms with Crippen molar-refractivity contribution >= 4 is 23.4 Å². The maximum Gasteiger partial charge on any atom is 0.229 e. The van der Waals surface area contributed by atoms with Crippen molar-refractivity contribution in [3.8, 4) is 0 Å². The Morgan fingerprint density at radius 1 is 1.20 bits per heavy atom. The summed E-state index contributed by atoms with van der Waals surface area (Å²) in [7, 11) is 0. The zero-order chi connectivity index (χ0) is 14.5. The molecule has 1 aliphatic rings. The van der Waals surface area contributed by atoms with Gasteiger partial charge in [-0.1, -0.05) is 18.2 Å². The van der Waals surface area contributed by atoms with Crippen LogP contribution in [0.1, 0.15) is 31.2 Å². The molecule has 2 rings (SSSR count). The Bertz CT molecular complexity index is 524. The number of nitrogens with one attached hydrogen (secondary N) is 1. The standard InChI is InChI=1S/C15H18N2O3/c1-11-5-2-3-6-12(11)16-13(18)7-4-10-17-14(19)8-9-15(17)20/h2-3,5-6H,4,7-10H2,1H3,(H,16,18). The quantitative estimate of drug-likeness (QED) is 0.833. The molecule has 3 amide bonds. The first kappa shape index (κ1) is 14.2. The highest BCUT2D eigenvalue weighted by Gasteiger charge is 2.28. The predicted molar refractivity (Wildman–Crippen MR) is 75.0 cm³/mol. The van der Waals surface area contributed by atoms with E-state index >= 15 is 0 Å². The first-order chi connectivity index (χ1) is 9.58. The molecule has 0 aliphatic carbocycles. The number of amides is 3. The van der Waals surface area contributed by atoms with E-state index in [4.69, 9.17) is 0 Å². The number of rotatable bonds is 5. The lowest BCUT2D eigenvalue weighted by atomic mass is 10.2. The predicted octanol–water partition coefficient (Wildman–Crippen LogP) is 1.86. The molecular weight excluding hydrogens is 256 g/mol. The Balaban J connectivity index is 1.77. The summed E-state index contributed by atoms with van der Waals surface area (Å²) in [5.41, 5.74) is 1.80. The van der Waals surface area contributed by atoms with Crippen LogP contribution < -0.4 is 5.32 Å². The normalized spacial score (nSPS) is 14.8. The summed E-state index contributed by atoms with van der Waals surface area (Å²) in [6, 6.07) is 7.55. The number of carbonyl (C=O) groups excluding carboxylic acids is 3. The number of carbonyl (C=O) groups is 3. The van der Waals surface area contributed by atoms with E-state index in [1.54, 1.807) is 0 Å². The third-order valence-corrected chi connectivity index (χ3v) is 3.36. The van der Waals surface area contributed by atoms with Gasteiger partial charge >= 0.3 is 0 Å². The largest absolute Gasteiger partial charge is 0.326 e. The van der Waals surface area contributed by atoms with Crippen molar-refractivity contribution in [1.29, 1.82) is 0 Å². The minimum atomic E-state index is -0.130. The van der Waals surface area contributed by atoms with Gasteiger partial charge in [0, 0.05) is 31.5 Å². The van der Waals surface area contributed by atoms with Crippen molar-refractivity contribution in [1.82, 2.24) is 4.90 Å². The molecule has 5 nitrogen and oxygen atoms in total. The van der Waals surface area contributed by atoms with Gasteiger partial charge in [-0.2, -0.15) is 0 Å². The summed E-state index contributed by atoms with van der Waals surface area (Å²) in [5.74, 6) is -0.359. The summed E-state index contributed by atoms with van der Waals surface area (Å²) in [6.07, 6.45) is 1.39. The second kappa shape index (κ2) is 6.32. The van der Waals surface area contributed by atoms with Crippen molar-refractivity contribution in [2.75, 3.05) is 11.9 Å². The third-order valence-electron chi connectivity index (χ3n) is 3.36.